The number of aryl methyl sites for hydroxylation is 1. The molecule has 5 heteroatoms. The normalized spacial score (nSPS) is 13.4. The van der Waals surface area contributed by atoms with Crippen LogP contribution in [0.15, 0.2) is 18.2 Å². The van der Waals surface area contributed by atoms with Crippen LogP contribution in [0.2, 0.25) is 0 Å². The van der Waals surface area contributed by atoms with Crippen molar-refractivity contribution < 1.29 is 0 Å². The second kappa shape index (κ2) is 6.41. The van der Waals surface area contributed by atoms with E-state index in [1.54, 1.807) is 0 Å². The number of hydrogen-bond donors (Lipinski definition) is 0. The summed E-state index contributed by atoms with van der Waals surface area (Å²) in [4.78, 5) is 6.95. The van der Waals surface area contributed by atoms with Gasteiger partial charge in [0.05, 0.1) is 11.0 Å². The first kappa shape index (κ1) is 15.1. The van der Waals surface area contributed by atoms with Gasteiger partial charge in [-0.3, -0.25) is 0 Å². The maximum atomic E-state index is 5.91. The van der Waals surface area contributed by atoms with Gasteiger partial charge in [-0.1, -0.05) is 0 Å². The van der Waals surface area contributed by atoms with Crippen molar-refractivity contribution in [2.45, 2.75) is 19.4 Å². The Balaban J connectivity index is 2.51. The molecule has 0 amide bonds. The zero-order chi connectivity index (χ0) is 14.0. The lowest BCUT2D eigenvalue weighted by Crippen LogP contribution is -2.23. The minimum Gasteiger partial charge on any atom is -0.324 e. The van der Waals surface area contributed by atoms with E-state index in [2.05, 4.69) is 71.3 Å². The van der Waals surface area contributed by atoms with Gasteiger partial charge in [0, 0.05) is 28.5 Å². The fourth-order valence-corrected chi connectivity index (χ4v) is 3.13. The smallest absolute Gasteiger partial charge is 0.111 e. The van der Waals surface area contributed by atoms with Crippen molar-refractivity contribution in [3.8, 4) is 0 Å². The third-order valence-electron chi connectivity index (χ3n) is 3.11. The molecular weight excluding hydrogens is 373 g/mol. The molecule has 0 N–H and O–H groups in total. The van der Waals surface area contributed by atoms with E-state index >= 15 is 0 Å². The van der Waals surface area contributed by atoms with Crippen LogP contribution in [-0.2, 0) is 6.42 Å². The molecule has 3 nitrogen and oxygen atoms in total. The third kappa shape index (κ3) is 3.41. The Morgan fingerprint density at radius 3 is 2.79 bits per heavy atom. The molecule has 1 atom stereocenters. The van der Waals surface area contributed by atoms with Crippen LogP contribution in [0.5, 0.6) is 0 Å². The molecule has 104 valence electrons. The minimum atomic E-state index is 0.387. The monoisotopic (exact) mass is 391 g/mol. The second-order valence-electron chi connectivity index (χ2n) is 5.08. The molecule has 0 saturated carbocycles. The van der Waals surface area contributed by atoms with Crippen LogP contribution < -0.4 is 0 Å². The highest BCUT2D eigenvalue weighted by atomic mass is 127. The lowest BCUT2D eigenvalue weighted by Gasteiger charge is -2.21. The van der Waals surface area contributed by atoms with E-state index in [9.17, 15) is 0 Å². The van der Waals surface area contributed by atoms with Gasteiger partial charge in [0.2, 0.25) is 0 Å². The SMILES string of the molecule is CC(CN(C)C)n1c(CCCl)nc2cc(I)ccc21. The van der Waals surface area contributed by atoms with E-state index in [-0.39, 0.29) is 0 Å². The Bertz CT molecular complexity index is 565. The molecule has 2 rings (SSSR count). The number of benzene rings is 1. The van der Waals surface area contributed by atoms with Gasteiger partial charge < -0.3 is 9.47 Å². The molecule has 0 aliphatic rings. The minimum absolute atomic E-state index is 0.387. The van der Waals surface area contributed by atoms with Crippen LogP contribution in [0.25, 0.3) is 11.0 Å². The molecule has 0 radical (unpaired) electrons. The second-order valence-corrected chi connectivity index (χ2v) is 6.70. The first-order valence-corrected chi connectivity index (χ1v) is 8.01. The average Bonchev–Trinajstić information content (AvgIpc) is 2.65. The van der Waals surface area contributed by atoms with Gasteiger partial charge in [0.25, 0.3) is 0 Å². The number of hydrogen-bond acceptors (Lipinski definition) is 2. The van der Waals surface area contributed by atoms with Crippen LogP contribution in [0.3, 0.4) is 0 Å². The van der Waals surface area contributed by atoms with Crippen LogP contribution in [0.1, 0.15) is 18.8 Å². The van der Waals surface area contributed by atoms with E-state index in [1.807, 2.05) is 0 Å². The van der Waals surface area contributed by atoms with Gasteiger partial charge in [0.1, 0.15) is 5.82 Å². The summed E-state index contributed by atoms with van der Waals surface area (Å²) in [5.74, 6) is 1.69. The van der Waals surface area contributed by atoms with Crippen LogP contribution in [0.4, 0.5) is 0 Å². The lowest BCUT2D eigenvalue weighted by molar-refractivity contribution is 0.337. The summed E-state index contributed by atoms with van der Waals surface area (Å²) in [5.41, 5.74) is 2.27. The van der Waals surface area contributed by atoms with Gasteiger partial charge in [-0.25, -0.2) is 4.98 Å². The summed E-state index contributed by atoms with van der Waals surface area (Å²) in [6.07, 6.45) is 0.810. The standard InChI is InChI=1S/C14H19ClIN3/c1-10(9-18(2)3)19-13-5-4-11(16)8-12(13)17-14(19)6-7-15/h4-5,8,10H,6-7,9H2,1-3H3. The highest BCUT2D eigenvalue weighted by molar-refractivity contribution is 14.1. The van der Waals surface area contributed by atoms with Gasteiger partial charge >= 0.3 is 0 Å². The fraction of sp³-hybridized carbons (Fsp3) is 0.500. The number of imidazole rings is 1. The van der Waals surface area contributed by atoms with Crippen molar-refractivity contribution in [2.24, 2.45) is 0 Å². The van der Waals surface area contributed by atoms with Crippen LogP contribution >= 0.6 is 34.2 Å². The van der Waals surface area contributed by atoms with Gasteiger partial charge in [-0.15, -0.1) is 11.6 Å². The summed E-state index contributed by atoms with van der Waals surface area (Å²) in [6.45, 7) is 3.23. The van der Waals surface area contributed by atoms with Gasteiger partial charge in [0.15, 0.2) is 0 Å². The number of aromatic nitrogens is 2. The maximum absolute atomic E-state index is 5.91. The zero-order valence-electron chi connectivity index (χ0n) is 11.5. The van der Waals surface area contributed by atoms with E-state index in [1.165, 1.54) is 9.09 Å². The van der Waals surface area contributed by atoms with E-state index in [0.717, 1.165) is 24.3 Å². The summed E-state index contributed by atoms with van der Waals surface area (Å²) in [7, 11) is 4.19. The summed E-state index contributed by atoms with van der Waals surface area (Å²) in [5, 5.41) is 0. The maximum Gasteiger partial charge on any atom is 0.111 e. The Morgan fingerprint density at radius 1 is 1.42 bits per heavy atom. The Morgan fingerprint density at radius 2 is 2.16 bits per heavy atom. The number of rotatable bonds is 5. The predicted octanol–water partition coefficient (Wildman–Crippen LogP) is 3.54. The molecule has 0 aliphatic heterocycles. The van der Waals surface area contributed by atoms with E-state index in [4.69, 9.17) is 16.6 Å². The molecule has 2 aromatic rings. The summed E-state index contributed by atoms with van der Waals surface area (Å²) < 4.78 is 3.54. The van der Waals surface area contributed by atoms with Crippen molar-refractivity contribution in [3.63, 3.8) is 0 Å². The molecular formula is C14H19ClIN3. The van der Waals surface area contributed by atoms with Crippen molar-refractivity contribution >= 4 is 45.2 Å². The van der Waals surface area contributed by atoms with Gasteiger partial charge in [-0.05, 0) is 61.8 Å². The van der Waals surface area contributed by atoms with Crippen LogP contribution in [-0.4, -0.2) is 41.0 Å². The molecule has 0 aliphatic carbocycles. The molecule has 0 fully saturated rings. The Kier molecular flexibility index (Phi) is 5.09. The highest BCUT2D eigenvalue weighted by Gasteiger charge is 2.16. The number of likely N-dealkylation sites (N-methyl/N-ethyl adjacent to an activating group) is 1. The quantitative estimate of drug-likeness (QED) is 0.574. The molecule has 1 heterocycles. The lowest BCUT2D eigenvalue weighted by atomic mass is 10.2. The Labute approximate surface area is 133 Å². The summed E-state index contributed by atoms with van der Waals surface area (Å²) >= 11 is 8.24. The molecule has 0 bridgehead atoms. The molecule has 0 saturated heterocycles. The zero-order valence-corrected chi connectivity index (χ0v) is 14.4. The molecule has 19 heavy (non-hydrogen) atoms. The van der Waals surface area contributed by atoms with Crippen LogP contribution in [0, 0.1) is 3.57 Å². The van der Waals surface area contributed by atoms with Gasteiger partial charge in [-0.2, -0.15) is 0 Å². The Hall–Kier alpha value is -0.330. The highest BCUT2D eigenvalue weighted by Crippen LogP contribution is 2.24. The van der Waals surface area contributed by atoms with Crippen molar-refractivity contribution in [1.82, 2.24) is 14.5 Å². The summed E-state index contributed by atoms with van der Waals surface area (Å²) in [6, 6.07) is 6.81. The topological polar surface area (TPSA) is 21.1 Å². The first-order valence-electron chi connectivity index (χ1n) is 6.40. The third-order valence-corrected chi connectivity index (χ3v) is 3.97. The molecule has 1 unspecified atom stereocenters. The van der Waals surface area contributed by atoms with E-state index < -0.39 is 0 Å². The largest absolute Gasteiger partial charge is 0.324 e. The average molecular weight is 392 g/mol. The number of nitrogens with zero attached hydrogens (tertiary/aromatic N) is 3. The number of alkyl halides is 1. The fourth-order valence-electron chi connectivity index (χ4n) is 2.48. The molecule has 0 spiro atoms. The first-order chi connectivity index (χ1) is 9.02. The van der Waals surface area contributed by atoms with Crippen molar-refractivity contribution in [3.05, 3.63) is 27.6 Å². The number of fused-ring (bicyclic) bond motifs is 1. The van der Waals surface area contributed by atoms with Crippen molar-refractivity contribution in [2.75, 3.05) is 26.5 Å². The molecule has 1 aromatic heterocycles. The van der Waals surface area contributed by atoms with Crippen molar-refractivity contribution in [1.29, 1.82) is 0 Å². The predicted molar refractivity (Wildman–Crippen MR) is 90.1 cm³/mol. The van der Waals surface area contributed by atoms with E-state index in [0.29, 0.717) is 11.9 Å². The molecule has 1 aromatic carbocycles. The number of halogens is 2.